The number of aromatic nitrogens is 1. The summed E-state index contributed by atoms with van der Waals surface area (Å²) in [6.45, 7) is 6.64. The lowest BCUT2D eigenvalue weighted by Gasteiger charge is -2.26. The van der Waals surface area contributed by atoms with E-state index in [0.29, 0.717) is 35.2 Å². The molecule has 0 radical (unpaired) electrons. The molecular formula is C21H28N4O5S. The van der Waals surface area contributed by atoms with Gasteiger partial charge in [0.05, 0.1) is 24.4 Å². The molecular weight excluding hydrogens is 420 g/mol. The van der Waals surface area contributed by atoms with Crippen molar-refractivity contribution in [2.45, 2.75) is 26.7 Å². The molecule has 1 fully saturated rings. The van der Waals surface area contributed by atoms with Crippen LogP contribution in [0.4, 0.5) is 5.13 Å². The van der Waals surface area contributed by atoms with Crippen molar-refractivity contribution in [1.82, 2.24) is 14.8 Å². The van der Waals surface area contributed by atoms with Crippen LogP contribution < -0.4 is 14.4 Å². The quantitative estimate of drug-likeness (QED) is 0.514. The van der Waals surface area contributed by atoms with Crippen molar-refractivity contribution >= 4 is 44.4 Å². The average Bonchev–Trinajstić information content (AvgIpc) is 3.32. The summed E-state index contributed by atoms with van der Waals surface area (Å²) in [6, 6.07) is 3.60. The van der Waals surface area contributed by atoms with E-state index in [1.807, 2.05) is 6.07 Å². The Balaban J connectivity index is 1.92. The van der Waals surface area contributed by atoms with Gasteiger partial charge in [-0.05, 0) is 13.1 Å². The van der Waals surface area contributed by atoms with Gasteiger partial charge in [0.15, 0.2) is 16.6 Å². The molecule has 0 aliphatic carbocycles. The minimum atomic E-state index is -0.325. The van der Waals surface area contributed by atoms with Crippen molar-refractivity contribution in [2.24, 2.45) is 0 Å². The minimum Gasteiger partial charge on any atom is -0.493 e. The summed E-state index contributed by atoms with van der Waals surface area (Å²) in [7, 11) is 3.12. The van der Waals surface area contributed by atoms with Crippen molar-refractivity contribution in [2.75, 3.05) is 51.8 Å². The number of imide groups is 1. The number of rotatable bonds is 10. The maximum absolute atomic E-state index is 13.2. The molecule has 2 aromatic rings. The monoisotopic (exact) mass is 448 g/mol. The molecule has 3 amide bonds. The first kappa shape index (κ1) is 23.0. The van der Waals surface area contributed by atoms with Gasteiger partial charge in [0.25, 0.3) is 0 Å². The molecule has 31 heavy (non-hydrogen) atoms. The van der Waals surface area contributed by atoms with Crippen LogP contribution in [0.5, 0.6) is 11.5 Å². The van der Waals surface area contributed by atoms with Crippen LogP contribution in [0.25, 0.3) is 10.2 Å². The Bertz CT molecular complexity index is 915. The Morgan fingerprint density at radius 3 is 2.26 bits per heavy atom. The van der Waals surface area contributed by atoms with E-state index < -0.39 is 0 Å². The van der Waals surface area contributed by atoms with Gasteiger partial charge in [-0.15, -0.1) is 0 Å². The fourth-order valence-corrected chi connectivity index (χ4v) is 4.51. The lowest BCUT2D eigenvalue weighted by molar-refractivity contribution is -0.141. The van der Waals surface area contributed by atoms with Gasteiger partial charge >= 0.3 is 0 Å². The number of hydrogen-bond acceptors (Lipinski definition) is 8. The summed E-state index contributed by atoms with van der Waals surface area (Å²) in [5.74, 6) is 0.205. The van der Waals surface area contributed by atoms with E-state index in [4.69, 9.17) is 9.47 Å². The molecule has 1 aliphatic heterocycles. The summed E-state index contributed by atoms with van der Waals surface area (Å²) in [5.41, 5.74) is 0.687. The Morgan fingerprint density at radius 2 is 1.68 bits per heavy atom. The van der Waals surface area contributed by atoms with Crippen LogP contribution in [-0.4, -0.2) is 79.4 Å². The molecule has 9 nitrogen and oxygen atoms in total. The van der Waals surface area contributed by atoms with E-state index in [9.17, 15) is 14.4 Å². The molecule has 1 aromatic carbocycles. The van der Waals surface area contributed by atoms with E-state index in [-0.39, 0.29) is 37.1 Å². The van der Waals surface area contributed by atoms with Crippen molar-refractivity contribution in [3.8, 4) is 11.5 Å². The molecule has 1 saturated heterocycles. The molecule has 0 saturated carbocycles. The second kappa shape index (κ2) is 10.1. The number of benzene rings is 1. The highest BCUT2D eigenvalue weighted by Crippen LogP contribution is 2.37. The molecule has 0 N–H and O–H groups in total. The third-order valence-corrected chi connectivity index (χ3v) is 6.44. The van der Waals surface area contributed by atoms with Crippen molar-refractivity contribution < 1.29 is 23.9 Å². The number of fused-ring (bicyclic) bond motifs is 1. The van der Waals surface area contributed by atoms with Gasteiger partial charge in [0.1, 0.15) is 6.54 Å². The van der Waals surface area contributed by atoms with Gasteiger partial charge < -0.3 is 14.4 Å². The standard InChI is InChI=1S/C21H28N4O5S/c1-5-23(6-2)9-10-24(20(28)13-25-18(26)7-8-19(25)27)21-22-14-11-15(29-3)16(30-4)12-17(14)31-21/h11-12H,5-10,13H2,1-4H3. The molecule has 0 bridgehead atoms. The Kier molecular flexibility index (Phi) is 7.45. The number of carbonyl (C=O) groups excluding carboxylic acids is 3. The minimum absolute atomic E-state index is 0.159. The van der Waals surface area contributed by atoms with Crippen LogP contribution in [0.15, 0.2) is 12.1 Å². The first-order valence-electron chi connectivity index (χ1n) is 10.3. The lowest BCUT2D eigenvalue weighted by atomic mass is 10.3. The topological polar surface area (TPSA) is 92.3 Å². The number of likely N-dealkylation sites (N-methyl/N-ethyl adjacent to an activating group) is 1. The normalized spacial score (nSPS) is 14.0. The molecule has 1 aromatic heterocycles. The number of nitrogens with zero attached hydrogens (tertiary/aromatic N) is 4. The first-order valence-corrected chi connectivity index (χ1v) is 11.1. The molecule has 3 rings (SSSR count). The summed E-state index contributed by atoms with van der Waals surface area (Å²) in [4.78, 5) is 46.7. The zero-order valence-electron chi connectivity index (χ0n) is 18.3. The molecule has 10 heteroatoms. The number of thiazole rings is 1. The van der Waals surface area contributed by atoms with Gasteiger partial charge in [-0.25, -0.2) is 4.98 Å². The predicted molar refractivity (Wildman–Crippen MR) is 119 cm³/mol. The van der Waals surface area contributed by atoms with Crippen LogP contribution in [0.3, 0.4) is 0 Å². The van der Waals surface area contributed by atoms with Gasteiger partial charge in [-0.2, -0.15) is 0 Å². The number of methoxy groups -OCH3 is 2. The van der Waals surface area contributed by atoms with E-state index >= 15 is 0 Å². The van der Waals surface area contributed by atoms with Gasteiger partial charge in [0, 0.05) is 38.1 Å². The Hall–Kier alpha value is -2.72. The van der Waals surface area contributed by atoms with E-state index in [2.05, 4.69) is 23.7 Å². The number of likely N-dealkylation sites (tertiary alicyclic amines) is 1. The highest BCUT2D eigenvalue weighted by atomic mass is 32.1. The summed E-state index contributed by atoms with van der Waals surface area (Å²) in [6.07, 6.45) is 0.318. The van der Waals surface area contributed by atoms with Gasteiger partial charge in [-0.3, -0.25) is 24.2 Å². The average molecular weight is 449 g/mol. The van der Waals surface area contributed by atoms with E-state index in [1.54, 1.807) is 25.2 Å². The third kappa shape index (κ3) is 4.96. The number of amides is 3. The third-order valence-electron chi connectivity index (χ3n) is 5.40. The number of hydrogen-bond donors (Lipinski definition) is 0. The largest absolute Gasteiger partial charge is 0.493 e. The molecule has 0 unspecified atom stereocenters. The Morgan fingerprint density at radius 1 is 1.06 bits per heavy atom. The zero-order valence-corrected chi connectivity index (χ0v) is 19.2. The second-order valence-corrected chi connectivity index (χ2v) is 8.13. The van der Waals surface area contributed by atoms with Crippen LogP contribution in [-0.2, 0) is 14.4 Å². The predicted octanol–water partition coefficient (Wildman–Crippen LogP) is 2.14. The smallest absolute Gasteiger partial charge is 0.248 e. The fourth-order valence-electron chi connectivity index (χ4n) is 3.49. The highest BCUT2D eigenvalue weighted by Gasteiger charge is 2.33. The lowest BCUT2D eigenvalue weighted by Crippen LogP contribution is -2.45. The molecule has 1 aliphatic rings. The van der Waals surface area contributed by atoms with Crippen LogP contribution in [0, 0.1) is 0 Å². The Labute approximate surface area is 185 Å². The SMILES string of the molecule is CCN(CC)CCN(C(=O)CN1C(=O)CCC1=O)c1nc2cc(OC)c(OC)cc2s1. The van der Waals surface area contributed by atoms with Gasteiger partial charge in [0.2, 0.25) is 17.7 Å². The van der Waals surface area contributed by atoms with Crippen molar-refractivity contribution in [3.63, 3.8) is 0 Å². The number of carbonyl (C=O) groups is 3. The van der Waals surface area contributed by atoms with Crippen molar-refractivity contribution in [1.29, 1.82) is 0 Å². The molecule has 0 atom stereocenters. The summed E-state index contributed by atoms with van der Waals surface area (Å²) in [5, 5.41) is 0.515. The molecule has 2 heterocycles. The highest BCUT2D eigenvalue weighted by molar-refractivity contribution is 7.22. The van der Waals surface area contributed by atoms with E-state index in [1.165, 1.54) is 11.3 Å². The molecule has 168 valence electrons. The van der Waals surface area contributed by atoms with Crippen LogP contribution in [0.2, 0.25) is 0 Å². The first-order chi connectivity index (χ1) is 14.9. The fraction of sp³-hybridized carbons (Fsp3) is 0.524. The number of anilines is 1. The van der Waals surface area contributed by atoms with Gasteiger partial charge in [-0.1, -0.05) is 25.2 Å². The van der Waals surface area contributed by atoms with E-state index in [0.717, 1.165) is 22.7 Å². The summed E-state index contributed by atoms with van der Waals surface area (Å²) >= 11 is 1.36. The molecule has 0 spiro atoms. The summed E-state index contributed by atoms with van der Waals surface area (Å²) < 4.78 is 11.6. The maximum atomic E-state index is 13.2. The maximum Gasteiger partial charge on any atom is 0.248 e. The number of ether oxygens (including phenoxy) is 2. The second-order valence-electron chi connectivity index (χ2n) is 7.12. The van der Waals surface area contributed by atoms with Crippen molar-refractivity contribution in [3.05, 3.63) is 12.1 Å². The van der Waals surface area contributed by atoms with Crippen LogP contribution in [0.1, 0.15) is 26.7 Å². The van der Waals surface area contributed by atoms with Crippen LogP contribution >= 0.6 is 11.3 Å². The zero-order chi connectivity index (χ0) is 22.5.